The Labute approximate surface area is 115 Å². The quantitative estimate of drug-likeness (QED) is 0.926. The second-order valence-corrected chi connectivity index (χ2v) is 5.32. The van der Waals surface area contributed by atoms with Crippen LogP contribution in [-0.2, 0) is 0 Å². The molecule has 5 heteroatoms. The van der Waals surface area contributed by atoms with Crippen LogP contribution < -0.4 is 4.74 Å². The van der Waals surface area contributed by atoms with Crippen molar-refractivity contribution in [2.24, 2.45) is 0 Å². The summed E-state index contributed by atoms with van der Waals surface area (Å²) >= 11 is 1.30. The van der Waals surface area contributed by atoms with Crippen LogP contribution in [0, 0.1) is 0 Å². The number of carboxylic acid groups (broad SMARTS) is 1. The van der Waals surface area contributed by atoms with Gasteiger partial charge in [-0.2, -0.15) is 0 Å². The predicted molar refractivity (Wildman–Crippen MR) is 75.2 cm³/mol. The van der Waals surface area contributed by atoms with Crippen molar-refractivity contribution < 1.29 is 14.6 Å². The molecular weight excluding hydrogens is 262 g/mol. The molecule has 1 N–H and O–H groups in total. The van der Waals surface area contributed by atoms with Crippen LogP contribution in [-0.4, -0.2) is 23.2 Å². The third-order valence-corrected chi connectivity index (χ3v) is 3.72. The van der Waals surface area contributed by atoms with Crippen molar-refractivity contribution in [1.29, 1.82) is 0 Å². The average molecular weight is 277 g/mol. The molecule has 19 heavy (non-hydrogen) atoms. The van der Waals surface area contributed by atoms with Gasteiger partial charge in [0.05, 0.1) is 12.7 Å². The van der Waals surface area contributed by atoms with Crippen molar-refractivity contribution in [3.8, 4) is 16.3 Å². The van der Waals surface area contributed by atoms with E-state index >= 15 is 0 Å². The molecule has 4 nitrogen and oxygen atoms in total. The number of aromatic nitrogens is 1. The Balaban J connectivity index is 2.46. The number of carbonyl (C=O) groups is 1. The fraction of sp³-hybridized carbons (Fsp3) is 0.286. The van der Waals surface area contributed by atoms with Gasteiger partial charge >= 0.3 is 5.97 Å². The zero-order valence-electron chi connectivity index (χ0n) is 11.0. The van der Waals surface area contributed by atoms with Gasteiger partial charge in [-0.25, -0.2) is 9.78 Å². The SMILES string of the molecule is COc1cc(C(C)C)ccc1-c1nc(C(=O)O)cs1. The smallest absolute Gasteiger partial charge is 0.355 e. The first-order chi connectivity index (χ1) is 9.02. The Morgan fingerprint density at radius 2 is 2.16 bits per heavy atom. The largest absolute Gasteiger partial charge is 0.496 e. The van der Waals surface area contributed by atoms with Crippen LogP contribution in [0.15, 0.2) is 23.6 Å². The molecule has 1 aromatic heterocycles. The molecule has 0 aliphatic carbocycles. The lowest BCUT2D eigenvalue weighted by Crippen LogP contribution is -1.96. The van der Waals surface area contributed by atoms with Gasteiger partial charge in [0.1, 0.15) is 10.8 Å². The lowest BCUT2D eigenvalue weighted by atomic mass is 10.0. The average Bonchev–Trinajstić information content (AvgIpc) is 2.87. The fourth-order valence-electron chi connectivity index (χ4n) is 1.74. The highest BCUT2D eigenvalue weighted by atomic mass is 32.1. The first-order valence-electron chi connectivity index (χ1n) is 5.90. The van der Waals surface area contributed by atoms with Crippen molar-refractivity contribution in [2.75, 3.05) is 7.11 Å². The Morgan fingerprint density at radius 1 is 1.42 bits per heavy atom. The van der Waals surface area contributed by atoms with Gasteiger partial charge in [0.25, 0.3) is 0 Å². The number of carboxylic acids is 1. The maximum atomic E-state index is 10.9. The second-order valence-electron chi connectivity index (χ2n) is 4.46. The topological polar surface area (TPSA) is 59.4 Å². The molecule has 0 atom stereocenters. The normalized spacial score (nSPS) is 10.7. The van der Waals surface area contributed by atoms with E-state index in [1.165, 1.54) is 22.3 Å². The van der Waals surface area contributed by atoms with E-state index < -0.39 is 5.97 Å². The zero-order valence-corrected chi connectivity index (χ0v) is 11.8. The summed E-state index contributed by atoms with van der Waals surface area (Å²) in [7, 11) is 1.61. The highest BCUT2D eigenvalue weighted by Gasteiger charge is 2.14. The van der Waals surface area contributed by atoms with Crippen LogP contribution in [0.2, 0.25) is 0 Å². The van der Waals surface area contributed by atoms with Gasteiger partial charge in [-0.15, -0.1) is 11.3 Å². The van der Waals surface area contributed by atoms with E-state index in [-0.39, 0.29) is 5.69 Å². The Hall–Kier alpha value is -1.88. The minimum Gasteiger partial charge on any atom is -0.496 e. The van der Waals surface area contributed by atoms with Crippen molar-refractivity contribution in [2.45, 2.75) is 19.8 Å². The lowest BCUT2D eigenvalue weighted by Gasteiger charge is -2.11. The summed E-state index contributed by atoms with van der Waals surface area (Å²) in [6.07, 6.45) is 0. The third-order valence-electron chi connectivity index (χ3n) is 2.85. The van der Waals surface area contributed by atoms with Gasteiger partial charge < -0.3 is 9.84 Å². The van der Waals surface area contributed by atoms with Crippen LogP contribution >= 0.6 is 11.3 Å². The molecule has 1 aromatic carbocycles. The number of thiazole rings is 1. The molecule has 0 fully saturated rings. The molecule has 2 rings (SSSR count). The van der Waals surface area contributed by atoms with Crippen LogP contribution in [0.3, 0.4) is 0 Å². The molecule has 0 spiro atoms. The van der Waals surface area contributed by atoms with E-state index in [1.807, 2.05) is 18.2 Å². The highest BCUT2D eigenvalue weighted by Crippen LogP contribution is 2.34. The number of hydrogen-bond acceptors (Lipinski definition) is 4. The van der Waals surface area contributed by atoms with E-state index in [1.54, 1.807) is 7.11 Å². The summed E-state index contributed by atoms with van der Waals surface area (Å²) in [6, 6.07) is 5.92. The molecule has 1 heterocycles. The van der Waals surface area contributed by atoms with Crippen molar-refractivity contribution in [1.82, 2.24) is 4.98 Å². The van der Waals surface area contributed by atoms with Gasteiger partial charge in [-0.1, -0.05) is 19.9 Å². The second kappa shape index (κ2) is 5.40. The summed E-state index contributed by atoms with van der Waals surface area (Å²) in [4.78, 5) is 15.0. The molecular formula is C14H15NO3S. The maximum Gasteiger partial charge on any atom is 0.355 e. The Kier molecular flexibility index (Phi) is 3.85. The molecule has 100 valence electrons. The van der Waals surface area contributed by atoms with E-state index in [0.29, 0.717) is 10.9 Å². The molecule has 0 amide bonds. The number of nitrogens with zero attached hydrogens (tertiary/aromatic N) is 1. The van der Waals surface area contributed by atoms with E-state index in [4.69, 9.17) is 9.84 Å². The molecule has 0 unspecified atom stereocenters. The van der Waals surface area contributed by atoms with Gasteiger partial charge in [-0.3, -0.25) is 0 Å². The van der Waals surface area contributed by atoms with Gasteiger partial charge in [0, 0.05) is 5.38 Å². The van der Waals surface area contributed by atoms with Gasteiger partial charge in [0.2, 0.25) is 0 Å². The standard InChI is InChI=1S/C14H15NO3S/c1-8(2)9-4-5-10(12(6-9)18-3)13-15-11(7-19-13)14(16)17/h4-8H,1-3H3,(H,16,17). The first-order valence-corrected chi connectivity index (χ1v) is 6.78. The highest BCUT2D eigenvalue weighted by molar-refractivity contribution is 7.13. The third kappa shape index (κ3) is 2.76. The first kappa shape index (κ1) is 13.5. The molecule has 0 aliphatic rings. The summed E-state index contributed by atoms with van der Waals surface area (Å²) < 4.78 is 5.38. The molecule has 0 radical (unpaired) electrons. The molecule has 0 aliphatic heterocycles. The maximum absolute atomic E-state index is 10.9. The number of hydrogen-bond donors (Lipinski definition) is 1. The lowest BCUT2D eigenvalue weighted by molar-refractivity contribution is 0.0691. The summed E-state index contributed by atoms with van der Waals surface area (Å²) in [5.74, 6) is 0.117. The Bertz CT molecular complexity index is 604. The fourth-order valence-corrected chi connectivity index (χ4v) is 2.56. The summed E-state index contributed by atoms with van der Waals surface area (Å²) in [5, 5.41) is 11.1. The van der Waals surface area contributed by atoms with E-state index in [0.717, 1.165) is 11.3 Å². The predicted octanol–water partition coefficient (Wildman–Crippen LogP) is 3.64. The molecule has 0 bridgehead atoms. The zero-order chi connectivity index (χ0) is 14.0. The minimum atomic E-state index is -1.01. The number of ether oxygens (including phenoxy) is 1. The molecule has 2 aromatic rings. The molecule has 0 saturated heterocycles. The number of benzene rings is 1. The van der Waals surface area contributed by atoms with Crippen molar-refractivity contribution in [3.63, 3.8) is 0 Å². The van der Waals surface area contributed by atoms with E-state index in [9.17, 15) is 4.79 Å². The number of aromatic carboxylic acids is 1. The van der Waals surface area contributed by atoms with Crippen molar-refractivity contribution in [3.05, 3.63) is 34.8 Å². The van der Waals surface area contributed by atoms with Gasteiger partial charge in [-0.05, 0) is 23.6 Å². The Morgan fingerprint density at radius 3 is 2.68 bits per heavy atom. The summed E-state index contributed by atoms with van der Waals surface area (Å²) in [6.45, 7) is 4.22. The van der Waals surface area contributed by atoms with Gasteiger partial charge in [0.15, 0.2) is 5.69 Å². The monoisotopic (exact) mass is 277 g/mol. The number of methoxy groups -OCH3 is 1. The van der Waals surface area contributed by atoms with Crippen LogP contribution in [0.1, 0.15) is 35.8 Å². The minimum absolute atomic E-state index is 0.0648. The van der Waals surface area contributed by atoms with Crippen LogP contribution in [0.25, 0.3) is 10.6 Å². The summed E-state index contributed by atoms with van der Waals surface area (Å²) in [5.41, 5.74) is 2.06. The van der Waals surface area contributed by atoms with Crippen LogP contribution in [0.5, 0.6) is 5.75 Å². The van der Waals surface area contributed by atoms with Crippen LogP contribution in [0.4, 0.5) is 0 Å². The van der Waals surface area contributed by atoms with E-state index in [2.05, 4.69) is 18.8 Å². The number of rotatable bonds is 4. The van der Waals surface area contributed by atoms with Crippen molar-refractivity contribution >= 4 is 17.3 Å². The molecule has 0 saturated carbocycles.